The maximum absolute atomic E-state index is 13.5. The molecule has 2 saturated heterocycles. The molecule has 38 heavy (non-hydrogen) atoms. The Hall–Kier alpha value is -3.88. The molecule has 1 unspecified atom stereocenters. The zero-order valence-electron chi connectivity index (χ0n) is 21.1. The lowest BCUT2D eigenvalue weighted by Gasteiger charge is -2.29. The second kappa shape index (κ2) is 10.5. The summed E-state index contributed by atoms with van der Waals surface area (Å²) in [5.74, 6) is -0.400. The molecule has 3 heterocycles. The van der Waals surface area contributed by atoms with Crippen LogP contribution in [0.3, 0.4) is 0 Å². The molecule has 0 bridgehead atoms. The number of aliphatic hydroxyl groups excluding tert-OH is 1. The highest BCUT2D eigenvalue weighted by Gasteiger charge is 2.46. The van der Waals surface area contributed by atoms with Crippen LogP contribution in [0.5, 0.6) is 11.5 Å². The summed E-state index contributed by atoms with van der Waals surface area (Å²) in [6.45, 7) is 5.18. The minimum absolute atomic E-state index is 0.0920. The van der Waals surface area contributed by atoms with E-state index in [1.807, 2.05) is 42.5 Å². The van der Waals surface area contributed by atoms with Crippen molar-refractivity contribution in [1.29, 1.82) is 0 Å². The van der Waals surface area contributed by atoms with Crippen LogP contribution in [0.4, 0.5) is 0 Å². The van der Waals surface area contributed by atoms with Crippen LogP contribution in [-0.2, 0) is 14.3 Å². The molecule has 196 valence electrons. The number of likely N-dealkylation sites (tertiary alicyclic amines) is 1. The lowest BCUT2D eigenvalue weighted by molar-refractivity contribution is -0.140. The Bertz CT molecular complexity index is 1410. The van der Waals surface area contributed by atoms with Crippen molar-refractivity contribution in [2.24, 2.45) is 0 Å². The molecule has 1 N–H and O–H groups in total. The summed E-state index contributed by atoms with van der Waals surface area (Å²) in [6, 6.07) is 18.1. The van der Waals surface area contributed by atoms with Gasteiger partial charge < -0.3 is 24.2 Å². The Kier molecular flexibility index (Phi) is 6.74. The van der Waals surface area contributed by atoms with E-state index in [4.69, 9.17) is 14.2 Å². The normalized spacial score (nSPS) is 21.3. The van der Waals surface area contributed by atoms with Gasteiger partial charge in [-0.2, -0.15) is 0 Å². The number of carbonyl (C=O) groups is 2. The summed E-state index contributed by atoms with van der Waals surface area (Å²) in [5.41, 5.74) is 1.31. The standard InChI is InChI=1S/C30H30N2O6/c33-28(21-9-10-24-25(19-21)38-18-17-37-24)26-27(23-8-3-6-20-5-1-2-7-22(20)23)32(30(35)29(26)34)12-4-11-31-13-15-36-16-14-31/h1-3,5-10,19,27,33H,4,11-18H2/b28-26+. The summed E-state index contributed by atoms with van der Waals surface area (Å²) >= 11 is 0. The van der Waals surface area contributed by atoms with Gasteiger partial charge >= 0.3 is 0 Å². The van der Waals surface area contributed by atoms with Gasteiger partial charge in [0.25, 0.3) is 11.7 Å². The number of ether oxygens (including phenoxy) is 3. The molecule has 0 aromatic heterocycles. The minimum atomic E-state index is -0.709. The second-order valence-corrected chi connectivity index (χ2v) is 9.73. The average molecular weight is 515 g/mol. The molecule has 3 aliphatic rings. The predicted octanol–water partition coefficient (Wildman–Crippen LogP) is 3.76. The van der Waals surface area contributed by atoms with Gasteiger partial charge in [-0.3, -0.25) is 14.5 Å². The van der Waals surface area contributed by atoms with Crippen molar-refractivity contribution >= 4 is 28.2 Å². The molecular weight excluding hydrogens is 484 g/mol. The van der Waals surface area contributed by atoms with Crippen LogP contribution in [0.1, 0.15) is 23.6 Å². The van der Waals surface area contributed by atoms with E-state index in [0.717, 1.165) is 36.0 Å². The van der Waals surface area contributed by atoms with Crippen LogP contribution in [0.2, 0.25) is 0 Å². The number of hydrogen-bond acceptors (Lipinski definition) is 7. The van der Waals surface area contributed by atoms with E-state index in [1.165, 1.54) is 0 Å². The van der Waals surface area contributed by atoms with Gasteiger partial charge in [-0.15, -0.1) is 0 Å². The van der Waals surface area contributed by atoms with Gasteiger partial charge in [-0.05, 0) is 41.0 Å². The first-order chi connectivity index (χ1) is 18.6. The van der Waals surface area contributed by atoms with E-state index >= 15 is 0 Å². The predicted molar refractivity (Wildman–Crippen MR) is 142 cm³/mol. The number of rotatable bonds is 6. The van der Waals surface area contributed by atoms with Crippen molar-refractivity contribution < 1.29 is 28.9 Å². The molecular formula is C30H30N2O6. The third kappa shape index (κ3) is 4.50. The smallest absolute Gasteiger partial charge is 0.295 e. The van der Waals surface area contributed by atoms with Gasteiger partial charge in [0.1, 0.15) is 19.0 Å². The second-order valence-electron chi connectivity index (χ2n) is 9.73. The minimum Gasteiger partial charge on any atom is -0.507 e. The lowest BCUT2D eigenvalue weighted by atomic mass is 9.91. The molecule has 0 spiro atoms. The van der Waals surface area contributed by atoms with Crippen LogP contribution in [-0.4, -0.2) is 79.2 Å². The number of morpholine rings is 1. The van der Waals surface area contributed by atoms with E-state index in [9.17, 15) is 14.7 Å². The fourth-order valence-corrected chi connectivity index (χ4v) is 5.56. The number of aliphatic hydroxyl groups is 1. The Morgan fingerprint density at radius 1 is 0.868 bits per heavy atom. The zero-order chi connectivity index (χ0) is 26.1. The Balaban J connectivity index is 1.41. The molecule has 6 rings (SSSR count). The Labute approximate surface area is 221 Å². The molecule has 8 heteroatoms. The number of carbonyl (C=O) groups excluding carboxylic acids is 2. The van der Waals surface area contributed by atoms with Crippen molar-refractivity contribution in [3.8, 4) is 11.5 Å². The maximum Gasteiger partial charge on any atom is 0.295 e. The quantitative estimate of drug-likeness (QED) is 0.305. The van der Waals surface area contributed by atoms with Crippen LogP contribution in [0.15, 0.2) is 66.2 Å². The summed E-state index contributed by atoms with van der Waals surface area (Å²) < 4.78 is 16.7. The molecule has 8 nitrogen and oxygen atoms in total. The molecule has 1 amide bonds. The Morgan fingerprint density at radius 2 is 1.63 bits per heavy atom. The summed E-state index contributed by atoms with van der Waals surface area (Å²) in [7, 11) is 0. The first-order valence-corrected chi connectivity index (χ1v) is 13.1. The molecule has 3 aliphatic heterocycles. The number of benzene rings is 3. The third-order valence-corrected chi connectivity index (χ3v) is 7.45. The van der Waals surface area contributed by atoms with Gasteiger partial charge in [-0.25, -0.2) is 0 Å². The summed E-state index contributed by atoms with van der Waals surface area (Å²) in [4.78, 5) is 30.9. The van der Waals surface area contributed by atoms with Gasteiger partial charge in [0.05, 0.1) is 24.8 Å². The van der Waals surface area contributed by atoms with Gasteiger partial charge in [0, 0.05) is 31.7 Å². The highest BCUT2D eigenvalue weighted by molar-refractivity contribution is 6.46. The Morgan fingerprint density at radius 3 is 2.47 bits per heavy atom. The average Bonchev–Trinajstić information content (AvgIpc) is 3.21. The molecule has 2 fully saturated rings. The molecule has 0 radical (unpaired) electrons. The highest BCUT2D eigenvalue weighted by Crippen LogP contribution is 2.43. The number of amides is 1. The summed E-state index contributed by atoms with van der Waals surface area (Å²) in [6.07, 6.45) is 0.707. The SMILES string of the molecule is O=C1C(=O)N(CCCN2CCOCC2)C(c2cccc3ccccc23)/C1=C(\O)c1ccc2c(c1)OCCO2. The fraction of sp³-hybridized carbons (Fsp3) is 0.333. The lowest BCUT2D eigenvalue weighted by Crippen LogP contribution is -2.39. The molecule has 0 saturated carbocycles. The van der Waals surface area contributed by atoms with Crippen molar-refractivity contribution in [2.45, 2.75) is 12.5 Å². The summed E-state index contributed by atoms with van der Waals surface area (Å²) in [5, 5.41) is 13.5. The first kappa shape index (κ1) is 24.5. The zero-order valence-corrected chi connectivity index (χ0v) is 21.1. The van der Waals surface area contributed by atoms with E-state index in [-0.39, 0.29) is 11.3 Å². The molecule has 3 aromatic carbocycles. The van der Waals surface area contributed by atoms with Crippen LogP contribution in [0.25, 0.3) is 16.5 Å². The van der Waals surface area contributed by atoms with Gasteiger partial charge in [-0.1, -0.05) is 42.5 Å². The molecule has 3 aromatic rings. The fourth-order valence-electron chi connectivity index (χ4n) is 5.56. The van der Waals surface area contributed by atoms with Gasteiger partial charge in [0.15, 0.2) is 11.5 Å². The van der Waals surface area contributed by atoms with Gasteiger partial charge in [0.2, 0.25) is 0 Å². The van der Waals surface area contributed by atoms with E-state index < -0.39 is 17.7 Å². The van der Waals surface area contributed by atoms with E-state index in [2.05, 4.69) is 4.90 Å². The van der Waals surface area contributed by atoms with Crippen LogP contribution < -0.4 is 9.47 Å². The van der Waals surface area contributed by atoms with E-state index in [0.29, 0.717) is 56.5 Å². The van der Waals surface area contributed by atoms with Crippen LogP contribution in [0, 0.1) is 0 Å². The van der Waals surface area contributed by atoms with Crippen LogP contribution >= 0.6 is 0 Å². The topological polar surface area (TPSA) is 88.5 Å². The monoisotopic (exact) mass is 514 g/mol. The molecule has 0 aliphatic carbocycles. The highest BCUT2D eigenvalue weighted by atomic mass is 16.6. The number of ketones is 1. The first-order valence-electron chi connectivity index (χ1n) is 13.1. The number of nitrogens with zero attached hydrogens (tertiary/aromatic N) is 2. The van der Waals surface area contributed by atoms with Crippen molar-refractivity contribution in [3.05, 3.63) is 77.4 Å². The van der Waals surface area contributed by atoms with Crippen molar-refractivity contribution in [3.63, 3.8) is 0 Å². The van der Waals surface area contributed by atoms with E-state index in [1.54, 1.807) is 23.1 Å². The van der Waals surface area contributed by atoms with Crippen molar-refractivity contribution in [2.75, 3.05) is 52.6 Å². The van der Waals surface area contributed by atoms with Crippen molar-refractivity contribution in [1.82, 2.24) is 9.80 Å². The molecule has 1 atom stereocenters. The number of Topliss-reactive ketones (excluding diaryl/α,β-unsaturated/α-hetero) is 1. The number of fused-ring (bicyclic) bond motifs is 2. The number of hydrogen-bond donors (Lipinski definition) is 1. The maximum atomic E-state index is 13.5. The largest absolute Gasteiger partial charge is 0.507 e. The third-order valence-electron chi connectivity index (χ3n) is 7.45.